The molecule has 0 radical (unpaired) electrons. The normalized spacial score (nSPS) is 16.9. The first-order valence-electron chi connectivity index (χ1n) is 14.4. The summed E-state index contributed by atoms with van der Waals surface area (Å²) in [6.07, 6.45) is 3.93. The van der Waals surface area contributed by atoms with E-state index in [1.54, 1.807) is 42.5 Å². The zero-order chi connectivity index (χ0) is 30.6. The van der Waals surface area contributed by atoms with E-state index in [9.17, 15) is 18.0 Å². The molecule has 3 aromatic carbocycles. The van der Waals surface area contributed by atoms with Gasteiger partial charge in [-0.15, -0.1) is 0 Å². The lowest BCUT2D eigenvalue weighted by Gasteiger charge is -2.46. The Morgan fingerprint density at radius 2 is 1.86 bits per heavy atom. The van der Waals surface area contributed by atoms with Crippen molar-refractivity contribution in [2.75, 3.05) is 25.0 Å². The second-order valence-corrected chi connectivity index (χ2v) is 12.1. The molecule has 2 aliphatic rings. The topological polar surface area (TPSA) is 53.6 Å². The van der Waals surface area contributed by atoms with Crippen LogP contribution in [0.4, 0.5) is 18.9 Å². The summed E-state index contributed by atoms with van der Waals surface area (Å²) >= 11 is 12.4. The Labute approximate surface area is 260 Å². The SMILES string of the molecule is C=C1CC2(CCN(CCCC(C(=O)NCc3cccc(OC(F)F)c3)c3ccc(Cl)c(Cl)c3)CC2)c2cc(F)ccc2N1. The molecule has 1 spiro atoms. The average Bonchev–Trinajstić information content (AvgIpc) is 2.97. The maximum absolute atomic E-state index is 14.2. The van der Waals surface area contributed by atoms with Crippen LogP contribution in [0.15, 0.2) is 72.9 Å². The Bertz CT molecular complexity index is 1480. The smallest absolute Gasteiger partial charge is 0.387 e. The minimum Gasteiger partial charge on any atom is -0.435 e. The van der Waals surface area contributed by atoms with Crippen molar-refractivity contribution in [2.45, 2.75) is 56.6 Å². The number of anilines is 1. The van der Waals surface area contributed by atoms with Crippen LogP contribution in [0, 0.1) is 5.82 Å². The van der Waals surface area contributed by atoms with Gasteiger partial charge in [-0.2, -0.15) is 8.78 Å². The van der Waals surface area contributed by atoms with Gasteiger partial charge in [0, 0.05) is 23.3 Å². The number of fused-ring (bicyclic) bond motifs is 2. The van der Waals surface area contributed by atoms with Gasteiger partial charge in [0.25, 0.3) is 0 Å². The fourth-order valence-corrected chi connectivity index (χ4v) is 6.60. The summed E-state index contributed by atoms with van der Waals surface area (Å²) in [5, 5.41) is 7.03. The van der Waals surface area contributed by atoms with Gasteiger partial charge < -0.3 is 20.3 Å². The standard InChI is InChI=1S/C33H34Cl2F3N3O2/c1-21-19-33(27-18-24(36)8-10-30(27)40-21)11-14-41(15-12-33)13-3-6-26(23-7-9-28(34)29(35)17-23)31(42)39-20-22-4-2-5-25(16-22)43-32(37)38/h2,4-5,7-10,16-18,26,32,40H,1,3,6,11-15,19-20H2,(H,39,42). The summed E-state index contributed by atoms with van der Waals surface area (Å²) in [6, 6.07) is 16.4. The Balaban J connectivity index is 1.21. The predicted molar refractivity (Wildman–Crippen MR) is 164 cm³/mol. The van der Waals surface area contributed by atoms with E-state index in [4.69, 9.17) is 23.2 Å². The molecule has 1 unspecified atom stereocenters. The maximum atomic E-state index is 14.2. The molecule has 1 amide bonds. The van der Waals surface area contributed by atoms with Crippen LogP contribution in [0.3, 0.4) is 0 Å². The number of hydrogen-bond donors (Lipinski definition) is 2. The summed E-state index contributed by atoms with van der Waals surface area (Å²) in [7, 11) is 0. The lowest BCUT2D eigenvalue weighted by molar-refractivity contribution is -0.123. The van der Waals surface area contributed by atoms with E-state index in [-0.39, 0.29) is 29.4 Å². The van der Waals surface area contributed by atoms with Gasteiger partial charge in [0.1, 0.15) is 11.6 Å². The number of carbonyl (C=O) groups excluding carboxylic acids is 1. The zero-order valence-electron chi connectivity index (χ0n) is 23.7. The Hall–Kier alpha value is -3.20. The van der Waals surface area contributed by atoms with Gasteiger partial charge in [-0.25, -0.2) is 4.39 Å². The third-order valence-electron chi connectivity index (χ3n) is 8.45. The van der Waals surface area contributed by atoms with E-state index in [1.807, 2.05) is 0 Å². The van der Waals surface area contributed by atoms with Gasteiger partial charge in [-0.05, 0) is 111 Å². The Morgan fingerprint density at radius 3 is 2.60 bits per heavy atom. The van der Waals surface area contributed by atoms with Crippen LogP contribution in [-0.4, -0.2) is 37.1 Å². The number of rotatable bonds is 10. The molecule has 1 atom stereocenters. The number of benzene rings is 3. The molecule has 0 aliphatic carbocycles. The molecular weight excluding hydrogens is 598 g/mol. The predicted octanol–water partition coefficient (Wildman–Crippen LogP) is 8.28. The fourth-order valence-electron chi connectivity index (χ4n) is 6.29. The Morgan fingerprint density at radius 1 is 1.07 bits per heavy atom. The van der Waals surface area contributed by atoms with E-state index in [1.165, 1.54) is 18.2 Å². The van der Waals surface area contributed by atoms with Crippen LogP contribution in [0.2, 0.25) is 10.0 Å². The molecular formula is C33H34Cl2F3N3O2. The summed E-state index contributed by atoms with van der Waals surface area (Å²) in [5.41, 5.74) is 4.19. The summed E-state index contributed by atoms with van der Waals surface area (Å²) < 4.78 is 43.9. The molecule has 0 saturated carbocycles. The highest BCUT2D eigenvalue weighted by atomic mass is 35.5. The van der Waals surface area contributed by atoms with E-state index >= 15 is 0 Å². The number of allylic oxidation sites excluding steroid dienone is 1. The van der Waals surface area contributed by atoms with Gasteiger partial charge in [-0.1, -0.05) is 48.0 Å². The van der Waals surface area contributed by atoms with Crippen molar-refractivity contribution in [3.63, 3.8) is 0 Å². The highest BCUT2D eigenvalue weighted by Crippen LogP contribution is 2.47. The van der Waals surface area contributed by atoms with Gasteiger partial charge in [-0.3, -0.25) is 4.79 Å². The minimum absolute atomic E-state index is 0.0357. The molecule has 1 fully saturated rings. The number of carbonyl (C=O) groups is 1. The number of ether oxygens (including phenoxy) is 1. The van der Waals surface area contributed by atoms with Crippen LogP contribution in [-0.2, 0) is 16.8 Å². The maximum Gasteiger partial charge on any atom is 0.387 e. The van der Waals surface area contributed by atoms with Crippen LogP contribution >= 0.6 is 23.2 Å². The first-order chi connectivity index (χ1) is 20.6. The Kier molecular flexibility index (Phi) is 9.89. The number of amides is 1. The highest BCUT2D eigenvalue weighted by molar-refractivity contribution is 6.42. The molecule has 228 valence electrons. The number of likely N-dealkylation sites (tertiary alicyclic amines) is 1. The molecule has 0 aromatic heterocycles. The van der Waals surface area contributed by atoms with E-state index in [0.717, 1.165) is 67.8 Å². The largest absolute Gasteiger partial charge is 0.435 e. The third kappa shape index (κ3) is 7.66. The van der Waals surface area contributed by atoms with E-state index in [0.29, 0.717) is 22.0 Å². The summed E-state index contributed by atoms with van der Waals surface area (Å²) in [6.45, 7) is 3.94. The second-order valence-electron chi connectivity index (χ2n) is 11.3. The molecule has 0 bridgehead atoms. The molecule has 2 heterocycles. The molecule has 2 aliphatic heterocycles. The van der Waals surface area contributed by atoms with Crippen molar-refractivity contribution >= 4 is 34.8 Å². The number of nitrogens with one attached hydrogen (secondary N) is 2. The number of piperidine rings is 1. The molecule has 1 saturated heterocycles. The molecule has 5 nitrogen and oxygen atoms in total. The second kappa shape index (κ2) is 13.6. The van der Waals surface area contributed by atoms with Crippen molar-refractivity contribution in [2.24, 2.45) is 0 Å². The van der Waals surface area contributed by atoms with Crippen molar-refractivity contribution < 1.29 is 22.7 Å². The van der Waals surface area contributed by atoms with Crippen LogP contribution in [0.1, 0.15) is 54.7 Å². The quantitative estimate of drug-likeness (QED) is 0.236. The fraction of sp³-hybridized carbons (Fsp3) is 0.364. The van der Waals surface area contributed by atoms with E-state index in [2.05, 4.69) is 26.8 Å². The molecule has 43 heavy (non-hydrogen) atoms. The molecule has 2 N–H and O–H groups in total. The van der Waals surface area contributed by atoms with E-state index < -0.39 is 12.5 Å². The average molecular weight is 633 g/mol. The van der Waals surface area contributed by atoms with Gasteiger partial charge in [0.2, 0.25) is 5.91 Å². The van der Waals surface area contributed by atoms with Crippen molar-refractivity contribution in [1.29, 1.82) is 0 Å². The van der Waals surface area contributed by atoms with Crippen molar-refractivity contribution in [1.82, 2.24) is 10.2 Å². The first-order valence-corrected chi connectivity index (χ1v) is 15.1. The lowest BCUT2D eigenvalue weighted by atomic mass is 9.67. The van der Waals surface area contributed by atoms with Gasteiger partial charge >= 0.3 is 6.61 Å². The van der Waals surface area contributed by atoms with Crippen molar-refractivity contribution in [3.8, 4) is 5.75 Å². The minimum atomic E-state index is -2.92. The van der Waals surface area contributed by atoms with Gasteiger partial charge in [0.15, 0.2) is 0 Å². The molecule has 5 rings (SSSR count). The number of alkyl halides is 2. The molecule has 3 aromatic rings. The van der Waals surface area contributed by atoms with Crippen LogP contribution in [0.25, 0.3) is 0 Å². The third-order valence-corrected chi connectivity index (χ3v) is 9.19. The monoisotopic (exact) mass is 631 g/mol. The van der Waals surface area contributed by atoms with Crippen molar-refractivity contribution in [3.05, 3.63) is 105 Å². The number of halogens is 5. The van der Waals surface area contributed by atoms with Crippen LogP contribution in [0.5, 0.6) is 5.75 Å². The zero-order valence-corrected chi connectivity index (χ0v) is 25.2. The summed E-state index contributed by atoms with van der Waals surface area (Å²) in [5.74, 6) is -0.860. The number of nitrogens with zero attached hydrogens (tertiary/aromatic N) is 1. The first kappa shape index (κ1) is 31.2. The number of hydrogen-bond acceptors (Lipinski definition) is 4. The molecule has 10 heteroatoms. The van der Waals surface area contributed by atoms with Gasteiger partial charge in [0.05, 0.1) is 16.0 Å². The highest BCUT2D eigenvalue weighted by Gasteiger charge is 2.41. The summed E-state index contributed by atoms with van der Waals surface area (Å²) in [4.78, 5) is 15.8. The lowest BCUT2D eigenvalue weighted by Crippen LogP contribution is -2.45. The van der Waals surface area contributed by atoms with Crippen LogP contribution < -0.4 is 15.4 Å².